The second kappa shape index (κ2) is 7.99. The Morgan fingerprint density at radius 3 is 2.28 bits per heavy atom. The maximum absolute atomic E-state index is 13.0. The van der Waals surface area contributed by atoms with E-state index in [1.165, 1.54) is 29.7 Å². The van der Waals surface area contributed by atoms with E-state index in [4.69, 9.17) is 17.0 Å². The zero-order chi connectivity index (χ0) is 20.2. The van der Waals surface area contributed by atoms with Gasteiger partial charge in [0, 0.05) is 18.0 Å². The minimum Gasteiger partial charge on any atom is -0.457 e. The fourth-order valence-electron chi connectivity index (χ4n) is 2.73. The van der Waals surface area contributed by atoms with Gasteiger partial charge in [-0.05, 0) is 54.7 Å². The van der Waals surface area contributed by atoms with Crippen LogP contribution in [-0.2, 0) is 9.59 Å². The van der Waals surface area contributed by atoms with E-state index in [0.29, 0.717) is 22.7 Å². The number of hydrogen-bond donors (Lipinski definition) is 1. The van der Waals surface area contributed by atoms with Crippen LogP contribution in [0.5, 0.6) is 11.5 Å². The van der Waals surface area contributed by atoms with Crippen LogP contribution in [0, 0.1) is 0 Å². The number of carbonyl (C=O) groups excluding carboxylic acids is 2. The van der Waals surface area contributed by atoms with Crippen molar-refractivity contribution in [3.05, 3.63) is 84.5 Å². The molecule has 1 aromatic heterocycles. The van der Waals surface area contributed by atoms with Crippen molar-refractivity contribution in [3.8, 4) is 11.5 Å². The smallest absolute Gasteiger partial charge is 0.270 e. The van der Waals surface area contributed by atoms with Gasteiger partial charge in [0.15, 0.2) is 5.11 Å². The lowest BCUT2D eigenvalue weighted by Crippen LogP contribution is -2.54. The largest absolute Gasteiger partial charge is 0.457 e. The van der Waals surface area contributed by atoms with E-state index >= 15 is 0 Å². The number of amides is 2. The first-order chi connectivity index (χ1) is 14.1. The first kappa shape index (κ1) is 18.5. The molecule has 1 N–H and O–H groups in total. The summed E-state index contributed by atoms with van der Waals surface area (Å²) in [6.45, 7) is 0. The summed E-state index contributed by atoms with van der Waals surface area (Å²) in [6, 6.07) is 16.2. The molecule has 142 valence electrons. The zero-order valence-electron chi connectivity index (χ0n) is 15.0. The molecule has 4 rings (SSSR count). The van der Waals surface area contributed by atoms with Crippen LogP contribution >= 0.6 is 12.2 Å². The van der Waals surface area contributed by atoms with Crippen molar-refractivity contribution < 1.29 is 14.3 Å². The number of thiocarbonyl (C=S) groups is 1. The number of aromatic nitrogens is 2. The summed E-state index contributed by atoms with van der Waals surface area (Å²) in [5, 5.41) is 2.55. The second-order valence-corrected chi connectivity index (χ2v) is 6.43. The average molecular weight is 402 g/mol. The van der Waals surface area contributed by atoms with Crippen LogP contribution < -0.4 is 15.0 Å². The Morgan fingerprint density at radius 2 is 1.59 bits per heavy atom. The molecular formula is C21H14N4O3S. The van der Waals surface area contributed by atoms with Crippen molar-refractivity contribution >= 4 is 40.9 Å². The van der Waals surface area contributed by atoms with Crippen molar-refractivity contribution in [1.29, 1.82) is 0 Å². The number of carbonyl (C=O) groups is 2. The van der Waals surface area contributed by atoms with E-state index in [1.807, 2.05) is 30.3 Å². The van der Waals surface area contributed by atoms with Crippen LogP contribution in [0.15, 0.2) is 78.9 Å². The molecule has 2 heterocycles. The molecule has 0 unspecified atom stereocenters. The summed E-state index contributed by atoms with van der Waals surface area (Å²) in [5.74, 6) is 0.215. The quantitative estimate of drug-likeness (QED) is 0.410. The fourth-order valence-corrected chi connectivity index (χ4v) is 3.01. The maximum atomic E-state index is 13.0. The third kappa shape index (κ3) is 4.02. The van der Waals surface area contributed by atoms with Gasteiger partial charge in [-0.2, -0.15) is 0 Å². The summed E-state index contributed by atoms with van der Waals surface area (Å²) in [6.07, 6.45) is 5.81. The third-order valence-corrected chi connectivity index (χ3v) is 4.35. The minimum atomic E-state index is -0.566. The van der Waals surface area contributed by atoms with Gasteiger partial charge in [0.05, 0.1) is 5.69 Å². The number of anilines is 1. The number of ether oxygens (including phenoxy) is 1. The lowest BCUT2D eigenvalue weighted by molar-refractivity contribution is -0.122. The van der Waals surface area contributed by atoms with Crippen LogP contribution in [0.2, 0.25) is 0 Å². The van der Waals surface area contributed by atoms with Crippen LogP contribution in [0.3, 0.4) is 0 Å². The standard InChI is InChI=1S/C21H14N4O3S/c26-19-18(10-14-11-22-13-23-12-14)20(27)25(21(29)24-19)15-6-8-17(9-7-15)28-16-4-2-1-3-5-16/h1-13H,(H,24,26,29)/b18-10+. The molecule has 0 spiro atoms. The minimum absolute atomic E-state index is 0.0122. The van der Waals surface area contributed by atoms with Gasteiger partial charge in [-0.1, -0.05) is 18.2 Å². The molecule has 29 heavy (non-hydrogen) atoms. The first-order valence-electron chi connectivity index (χ1n) is 8.61. The number of nitrogens with one attached hydrogen (secondary N) is 1. The van der Waals surface area contributed by atoms with Gasteiger partial charge < -0.3 is 4.74 Å². The predicted molar refractivity (Wildman–Crippen MR) is 111 cm³/mol. The Morgan fingerprint density at radius 1 is 0.931 bits per heavy atom. The Bertz CT molecular complexity index is 1100. The Labute approximate surface area is 171 Å². The number of rotatable bonds is 4. The molecule has 0 bridgehead atoms. The maximum Gasteiger partial charge on any atom is 0.270 e. The van der Waals surface area contributed by atoms with Crippen LogP contribution in [0.25, 0.3) is 6.08 Å². The van der Waals surface area contributed by atoms with Gasteiger partial charge in [0.2, 0.25) is 0 Å². The molecule has 3 aromatic rings. The van der Waals surface area contributed by atoms with Gasteiger partial charge >= 0.3 is 0 Å². The number of nitrogens with zero attached hydrogens (tertiary/aromatic N) is 3. The summed E-state index contributed by atoms with van der Waals surface area (Å²) < 4.78 is 5.76. The van der Waals surface area contributed by atoms with Gasteiger partial charge in [0.25, 0.3) is 11.8 Å². The summed E-state index contributed by atoms with van der Waals surface area (Å²) in [5.41, 5.74) is 0.985. The molecule has 0 aliphatic carbocycles. The van der Waals surface area contributed by atoms with Crippen molar-refractivity contribution in [2.24, 2.45) is 0 Å². The van der Waals surface area contributed by atoms with E-state index in [1.54, 1.807) is 24.3 Å². The van der Waals surface area contributed by atoms with E-state index in [0.717, 1.165) is 0 Å². The van der Waals surface area contributed by atoms with Crippen molar-refractivity contribution in [2.75, 3.05) is 4.90 Å². The topological polar surface area (TPSA) is 84.4 Å². The highest BCUT2D eigenvalue weighted by Gasteiger charge is 2.34. The molecule has 0 saturated carbocycles. The van der Waals surface area contributed by atoms with Crippen molar-refractivity contribution in [3.63, 3.8) is 0 Å². The van der Waals surface area contributed by atoms with Gasteiger partial charge in [-0.25, -0.2) is 9.97 Å². The molecule has 0 radical (unpaired) electrons. The Balaban J connectivity index is 1.60. The Kier molecular flexibility index (Phi) is 5.08. The molecule has 2 amide bonds. The number of para-hydroxylation sites is 1. The lowest BCUT2D eigenvalue weighted by atomic mass is 10.1. The van der Waals surface area contributed by atoms with E-state index in [-0.39, 0.29) is 10.7 Å². The molecule has 0 atom stereocenters. The normalized spacial score (nSPS) is 15.4. The molecule has 8 heteroatoms. The zero-order valence-corrected chi connectivity index (χ0v) is 15.8. The van der Waals surface area contributed by atoms with E-state index < -0.39 is 11.8 Å². The Hall–Kier alpha value is -3.91. The van der Waals surface area contributed by atoms with Crippen LogP contribution in [-0.4, -0.2) is 26.9 Å². The monoisotopic (exact) mass is 402 g/mol. The summed E-state index contributed by atoms with van der Waals surface area (Å²) in [4.78, 5) is 34.3. The fraction of sp³-hybridized carbons (Fsp3) is 0. The highest BCUT2D eigenvalue weighted by molar-refractivity contribution is 7.80. The molecule has 1 saturated heterocycles. The van der Waals surface area contributed by atoms with Crippen molar-refractivity contribution in [1.82, 2.24) is 15.3 Å². The molecule has 1 aliphatic rings. The SMILES string of the molecule is O=C1NC(=S)N(c2ccc(Oc3ccccc3)cc2)C(=O)/C1=C/c1cncnc1. The number of benzene rings is 2. The first-order valence-corrected chi connectivity index (χ1v) is 9.02. The second-order valence-electron chi connectivity index (χ2n) is 6.04. The van der Waals surface area contributed by atoms with Gasteiger partial charge in [0.1, 0.15) is 23.4 Å². The van der Waals surface area contributed by atoms with Gasteiger partial charge in [-0.3, -0.25) is 19.8 Å². The lowest BCUT2D eigenvalue weighted by Gasteiger charge is -2.29. The highest BCUT2D eigenvalue weighted by Crippen LogP contribution is 2.26. The highest BCUT2D eigenvalue weighted by atomic mass is 32.1. The molecule has 7 nitrogen and oxygen atoms in total. The average Bonchev–Trinajstić information content (AvgIpc) is 2.74. The van der Waals surface area contributed by atoms with Crippen LogP contribution in [0.4, 0.5) is 5.69 Å². The molecular weight excluding hydrogens is 388 g/mol. The summed E-state index contributed by atoms with van der Waals surface area (Å²) in [7, 11) is 0. The molecule has 1 aliphatic heterocycles. The predicted octanol–water partition coefficient (Wildman–Crippen LogP) is 3.10. The molecule has 2 aromatic carbocycles. The van der Waals surface area contributed by atoms with E-state index in [2.05, 4.69) is 15.3 Å². The summed E-state index contributed by atoms with van der Waals surface area (Å²) >= 11 is 5.21. The number of hydrogen-bond acceptors (Lipinski definition) is 6. The van der Waals surface area contributed by atoms with Crippen LogP contribution in [0.1, 0.15) is 5.56 Å². The third-order valence-electron chi connectivity index (χ3n) is 4.07. The molecule has 1 fully saturated rings. The van der Waals surface area contributed by atoms with Gasteiger partial charge in [-0.15, -0.1) is 0 Å². The van der Waals surface area contributed by atoms with Crippen molar-refractivity contribution in [2.45, 2.75) is 0 Å². The van der Waals surface area contributed by atoms with E-state index in [9.17, 15) is 9.59 Å².